The predicted molar refractivity (Wildman–Crippen MR) is 119 cm³/mol. The number of hydrogen-bond acceptors (Lipinski definition) is 6. The highest BCUT2D eigenvalue weighted by Gasteiger charge is 2.27. The van der Waals surface area contributed by atoms with E-state index in [9.17, 15) is 13.6 Å². The van der Waals surface area contributed by atoms with Crippen molar-refractivity contribution in [3.05, 3.63) is 39.8 Å². The summed E-state index contributed by atoms with van der Waals surface area (Å²) < 4.78 is 29.5. The van der Waals surface area contributed by atoms with Crippen molar-refractivity contribution in [2.75, 3.05) is 24.7 Å². The van der Waals surface area contributed by atoms with E-state index >= 15 is 0 Å². The second-order valence-electron chi connectivity index (χ2n) is 8.48. The molecule has 0 spiro atoms. The number of ketones is 1. The van der Waals surface area contributed by atoms with Crippen molar-refractivity contribution >= 4 is 28.1 Å². The first-order chi connectivity index (χ1) is 14.2. The van der Waals surface area contributed by atoms with Crippen LogP contribution in [-0.2, 0) is 6.54 Å². The molecule has 30 heavy (non-hydrogen) atoms. The van der Waals surface area contributed by atoms with Crippen molar-refractivity contribution in [3.63, 3.8) is 0 Å². The van der Waals surface area contributed by atoms with Crippen molar-refractivity contribution in [2.24, 2.45) is 0 Å². The van der Waals surface area contributed by atoms with Crippen LogP contribution in [0.15, 0.2) is 12.1 Å². The van der Waals surface area contributed by atoms with Gasteiger partial charge >= 0.3 is 0 Å². The third-order valence-electron chi connectivity index (χ3n) is 5.02. The molecule has 1 aromatic heterocycles. The molecular formula is C22H30F2N4OS. The van der Waals surface area contributed by atoms with Crippen LogP contribution in [0, 0.1) is 11.6 Å². The lowest BCUT2D eigenvalue weighted by Crippen LogP contribution is -2.22. The van der Waals surface area contributed by atoms with Gasteiger partial charge in [-0.15, -0.1) is 0 Å². The topological polar surface area (TPSA) is 57.3 Å². The van der Waals surface area contributed by atoms with E-state index in [1.165, 1.54) is 31.4 Å². The summed E-state index contributed by atoms with van der Waals surface area (Å²) >= 11 is 1.15. The van der Waals surface area contributed by atoms with Crippen molar-refractivity contribution in [1.29, 1.82) is 0 Å². The summed E-state index contributed by atoms with van der Waals surface area (Å²) in [6.07, 6.45) is 5.70. The largest absolute Gasteiger partial charge is 0.367 e. The minimum absolute atomic E-state index is 0.0262. The number of rotatable bonds is 8. The Bertz CT molecular complexity index is 868. The Morgan fingerprint density at radius 1 is 1.20 bits per heavy atom. The molecule has 2 aromatic rings. The van der Waals surface area contributed by atoms with Gasteiger partial charge in [0.25, 0.3) is 0 Å². The summed E-state index contributed by atoms with van der Waals surface area (Å²) in [5, 5.41) is 7.16. The van der Waals surface area contributed by atoms with E-state index < -0.39 is 23.0 Å². The molecule has 0 amide bonds. The predicted octanol–water partition coefficient (Wildman–Crippen LogP) is 5.28. The summed E-state index contributed by atoms with van der Waals surface area (Å²) in [6.45, 7) is 4.25. The lowest BCUT2D eigenvalue weighted by atomic mass is 9.96. The third-order valence-corrected chi connectivity index (χ3v) is 6.00. The zero-order valence-corrected chi connectivity index (χ0v) is 18.8. The van der Waals surface area contributed by atoms with E-state index in [0.717, 1.165) is 24.2 Å². The first kappa shape index (κ1) is 22.6. The van der Waals surface area contributed by atoms with E-state index in [0.29, 0.717) is 29.1 Å². The number of hydrogen-bond donors (Lipinski definition) is 2. The van der Waals surface area contributed by atoms with E-state index in [-0.39, 0.29) is 10.9 Å². The number of halogens is 2. The van der Waals surface area contributed by atoms with Gasteiger partial charge in [0.05, 0.1) is 5.56 Å². The number of nitrogens with one attached hydrogen (secondary N) is 2. The molecule has 2 N–H and O–H groups in total. The summed E-state index contributed by atoms with van der Waals surface area (Å²) in [5.74, 6) is -2.00. The summed E-state index contributed by atoms with van der Waals surface area (Å²) in [5.41, 5.74) is -0.0479. The molecular weight excluding hydrogens is 406 g/mol. The summed E-state index contributed by atoms with van der Waals surface area (Å²) in [4.78, 5) is 19.7. The minimum atomic E-state index is -0.845. The van der Waals surface area contributed by atoms with Crippen molar-refractivity contribution in [3.8, 4) is 0 Å². The average molecular weight is 437 g/mol. The highest BCUT2D eigenvalue weighted by Crippen LogP contribution is 2.33. The van der Waals surface area contributed by atoms with Gasteiger partial charge in [0, 0.05) is 18.6 Å². The smallest absolute Gasteiger partial charge is 0.212 e. The van der Waals surface area contributed by atoms with Crippen LogP contribution in [0.25, 0.3) is 0 Å². The Morgan fingerprint density at radius 3 is 2.40 bits per heavy atom. The van der Waals surface area contributed by atoms with Gasteiger partial charge in [-0.3, -0.25) is 4.79 Å². The van der Waals surface area contributed by atoms with Crippen molar-refractivity contribution < 1.29 is 13.6 Å². The number of carbonyl (C=O) groups is 1. The van der Waals surface area contributed by atoms with E-state index in [1.54, 1.807) is 0 Å². The Morgan fingerprint density at radius 2 is 1.83 bits per heavy atom. The fourth-order valence-electron chi connectivity index (χ4n) is 3.74. The monoisotopic (exact) mass is 436 g/mol. The van der Waals surface area contributed by atoms with Gasteiger partial charge in [-0.1, -0.05) is 30.6 Å². The average Bonchev–Trinajstić information content (AvgIpc) is 3.02. The number of anilines is 2. The highest BCUT2D eigenvalue weighted by atomic mass is 32.1. The SMILES string of the molecule is CC(C)Nc1nc(NC2CCCCC2)sc1C(=O)c1c(F)cc(CN(C)C)cc1F. The number of carbonyl (C=O) groups excluding carboxylic acids is 1. The van der Waals surface area contributed by atoms with Gasteiger partial charge in [-0.05, 0) is 58.5 Å². The molecule has 1 aliphatic carbocycles. The number of nitrogens with zero attached hydrogens (tertiary/aromatic N) is 2. The first-order valence-corrected chi connectivity index (χ1v) is 11.3. The summed E-state index contributed by atoms with van der Waals surface area (Å²) in [7, 11) is 3.63. The molecule has 164 valence electrons. The van der Waals surface area contributed by atoms with E-state index in [4.69, 9.17) is 0 Å². The minimum Gasteiger partial charge on any atom is -0.367 e. The first-order valence-electron chi connectivity index (χ1n) is 10.5. The zero-order valence-electron chi connectivity index (χ0n) is 18.0. The zero-order chi connectivity index (χ0) is 21.8. The highest BCUT2D eigenvalue weighted by molar-refractivity contribution is 7.18. The number of benzene rings is 1. The van der Waals surface area contributed by atoms with Gasteiger partial charge in [-0.25, -0.2) is 13.8 Å². The fourth-order valence-corrected chi connectivity index (χ4v) is 4.69. The Kier molecular flexibility index (Phi) is 7.41. The van der Waals surface area contributed by atoms with Gasteiger partial charge in [0.15, 0.2) is 10.9 Å². The van der Waals surface area contributed by atoms with Crippen LogP contribution in [-0.4, -0.2) is 41.8 Å². The molecule has 1 heterocycles. The molecule has 3 rings (SSSR count). The van der Waals surface area contributed by atoms with Gasteiger partial charge in [0.1, 0.15) is 16.5 Å². The van der Waals surface area contributed by atoms with E-state index in [1.807, 2.05) is 32.8 Å². The molecule has 0 unspecified atom stereocenters. The quantitative estimate of drug-likeness (QED) is 0.552. The molecule has 1 fully saturated rings. The van der Waals surface area contributed by atoms with Gasteiger partial charge in [-0.2, -0.15) is 0 Å². The second-order valence-corrected chi connectivity index (χ2v) is 9.48. The molecule has 0 atom stereocenters. The summed E-state index contributed by atoms with van der Waals surface area (Å²) in [6, 6.07) is 2.80. The number of thiazole rings is 1. The lowest BCUT2D eigenvalue weighted by molar-refractivity contribution is 0.103. The molecule has 1 aliphatic rings. The molecule has 1 aromatic carbocycles. The standard InChI is InChI=1S/C22H30F2N4OS/c1-13(2)25-21-20(30-22(27-21)26-15-8-6-5-7-9-15)19(29)18-16(23)10-14(11-17(18)24)12-28(3)4/h10-11,13,15,25H,5-9,12H2,1-4H3,(H,26,27). The van der Waals surface area contributed by atoms with Crippen molar-refractivity contribution in [2.45, 2.75) is 64.6 Å². The van der Waals surface area contributed by atoms with Gasteiger partial charge < -0.3 is 15.5 Å². The normalized spacial score (nSPS) is 15.1. The Balaban J connectivity index is 1.92. The number of aromatic nitrogens is 1. The fraction of sp³-hybridized carbons (Fsp3) is 0.545. The Hall–Kier alpha value is -2.06. The van der Waals surface area contributed by atoms with Crippen LogP contribution in [0.4, 0.5) is 19.7 Å². The maximum absolute atomic E-state index is 14.7. The van der Waals surface area contributed by atoms with Crippen LogP contribution >= 0.6 is 11.3 Å². The molecule has 0 saturated heterocycles. The van der Waals surface area contributed by atoms with Crippen LogP contribution in [0.5, 0.6) is 0 Å². The second kappa shape index (κ2) is 9.83. The van der Waals surface area contributed by atoms with E-state index in [2.05, 4.69) is 15.6 Å². The van der Waals surface area contributed by atoms with Crippen LogP contribution in [0.2, 0.25) is 0 Å². The molecule has 8 heteroatoms. The lowest BCUT2D eigenvalue weighted by Gasteiger charge is -2.22. The molecule has 5 nitrogen and oxygen atoms in total. The third kappa shape index (κ3) is 5.55. The molecule has 1 saturated carbocycles. The van der Waals surface area contributed by atoms with Crippen LogP contribution in [0.1, 0.15) is 66.8 Å². The molecule has 0 radical (unpaired) electrons. The van der Waals surface area contributed by atoms with Gasteiger partial charge in [0.2, 0.25) is 5.78 Å². The maximum atomic E-state index is 14.7. The molecule has 0 aliphatic heterocycles. The van der Waals surface area contributed by atoms with Crippen LogP contribution < -0.4 is 10.6 Å². The van der Waals surface area contributed by atoms with Crippen LogP contribution in [0.3, 0.4) is 0 Å². The maximum Gasteiger partial charge on any atom is 0.212 e. The van der Waals surface area contributed by atoms with Crippen molar-refractivity contribution in [1.82, 2.24) is 9.88 Å². The molecule has 0 bridgehead atoms. The Labute approximate surface area is 180 Å².